The second-order valence-electron chi connectivity index (χ2n) is 4.95. The summed E-state index contributed by atoms with van der Waals surface area (Å²) >= 11 is 0. The van der Waals surface area contributed by atoms with Crippen LogP contribution in [0.5, 0.6) is 0 Å². The van der Waals surface area contributed by atoms with Crippen LogP contribution in [0.1, 0.15) is 30.9 Å². The molecule has 1 aliphatic rings. The van der Waals surface area contributed by atoms with E-state index in [2.05, 4.69) is 0 Å². The van der Waals surface area contributed by atoms with Gasteiger partial charge in [-0.05, 0) is 25.3 Å². The zero-order valence-corrected chi connectivity index (χ0v) is 12.5. The van der Waals surface area contributed by atoms with Crippen molar-refractivity contribution in [1.29, 1.82) is 0 Å². The summed E-state index contributed by atoms with van der Waals surface area (Å²) in [5.74, 6) is 0.0608. The molecule has 0 saturated carbocycles. The molecule has 0 amide bonds. The third-order valence-corrected chi connectivity index (χ3v) is 5.35. The van der Waals surface area contributed by atoms with E-state index in [9.17, 15) is 13.5 Å². The van der Waals surface area contributed by atoms with Crippen LogP contribution in [0.4, 0.5) is 5.69 Å². The van der Waals surface area contributed by atoms with E-state index >= 15 is 0 Å². The minimum Gasteiger partial charge on any atom is -0.388 e. The number of hydrogen-bond acceptors (Lipinski definition) is 4. The van der Waals surface area contributed by atoms with Crippen LogP contribution >= 0.6 is 0 Å². The van der Waals surface area contributed by atoms with Gasteiger partial charge in [-0.25, -0.2) is 8.42 Å². The van der Waals surface area contributed by atoms with Crippen molar-refractivity contribution in [2.24, 2.45) is 0 Å². The molecule has 1 atom stereocenters. The maximum atomic E-state index is 12.5. The lowest BCUT2D eigenvalue weighted by Gasteiger charge is -2.24. The second kappa shape index (κ2) is 6.56. The molecule has 1 N–H and O–H groups in total. The minimum absolute atomic E-state index is 0.0608. The van der Waals surface area contributed by atoms with Gasteiger partial charge in [0.2, 0.25) is 10.0 Å². The molecule has 6 heteroatoms. The fraction of sp³-hybridized carbons (Fsp3) is 0.571. The Morgan fingerprint density at radius 1 is 1.40 bits per heavy atom. The Bertz CT molecular complexity index is 544. The van der Waals surface area contributed by atoms with Crippen LogP contribution in [0, 0.1) is 0 Å². The Hall–Kier alpha value is -1.11. The molecule has 0 radical (unpaired) electrons. The number of aliphatic hydroxyl groups is 1. The number of anilines is 1. The number of nitrogens with zero attached hydrogens (tertiary/aromatic N) is 1. The summed E-state index contributed by atoms with van der Waals surface area (Å²) in [5.41, 5.74) is 1.30. The smallest absolute Gasteiger partial charge is 0.235 e. The molecule has 0 aliphatic carbocycles. The fourth-order valence-corrected chi connectivity index (χ4v) is 4.06. The molecule has 1 unspecified atom stereocenters. The van der Waals surface area contributed by atoms with Crippen molar-refractivity contribution in [1.82, 2.24) is 0 Å². The average molecular weight is 299 g/mol. The Morgan fingerprint density at radius 3 is 2.90 bits per heavy atom. The van der Waals surface area contributed by atoms with Crippen molar-refractivity contribution in [2.75, 3.05) is 30.3 Å². The summed E-state index contributed by atoms with van der Waals surface area (Å²) in [7, 11) is -1.81. The first-order valence-corrected chi connectivity index (χ1v) is 8.43. The molecular formula is C14H21NO4S. The van der Waals surface area contributed by atoms with Crippen molar-refractivity contribution in [3.8, 4) is 0 Å². The van der Waals surface area contributed by atoms with E-state index in [-0.39, 0.29) is 5.75 Å². The topological polar surface area (TPSA) is 66.8 Å². The molecule has 0 bridgehead atoms. The number of hydrogen-bond donors (Lipinski definition) is 1. The van der Waals surface area contributed by atoms with E-state index in [1.54, 1.807) is 25.3 Å². The van der Waals surface area contributed by atoms with Gasteiger partial charge in [0.1, 0.15) is 0 Å². The summed E-state index contributed by atoms with van der Waals surface area (Å²) in [4.78, 5) is 0. The summed E-state index contributed by atoms with van der Waals surface area (Å²) in [6, 6.07) is 7.18. The minimum atomic E-state index is -3.37. The highest BCUT2D eigenvalue weighted by molar-refractivity contribution is 7.92. The van der Waals surface area contributed by atoms with Crippen LogP contribution in [0.2, 0.25) is 0 Å². The van der Waals surface area contributed by atoms with Crippen LogP contribution in [0.25, 0.3) is 0 Å². The van der Waals surface area contributed by atoms with Gasteiger partial charge in [-0.2, -0.15) is 0 Å². The van der Waals surface area contributed by atoms with Gasteiger partial charge in [0.15, 0.2) is 0 Å². The molecule has 0 spiro atoms. The number of aliphatic hydroxyl groups excluding tert-OH is 1. The number of fused-ring (bicyclic) bond motifs is 1. The van der Waals surface area contributed by atoms with Gasteiger partial charge >= 0.3 is 0 Å². The first-order valence-electron chi connectivity index (χ1n) is 6.82. The number of benzene rings is 1. The van der Waals surface area contributed by atoms with Crippen molar-refractivity contribution >= 4 is 15.7 Å². The second-order valence-corrected chi connectivity index (χ2v) is 6.96. The molecule has 0 aromatic heterocycles. The number of sulfonamides is 1. The van der Waals surface area contributed by atoms with Gasteiger partial charge in [0.25, 0.3) is 0 Å². The molecule has 1 aromatic carbocycles. The molecule has 0 saturated heterocycles. The Morgan fingerprint density at radius 2 is 2.15 bits per heavy atom. The molecule has 1 aliphatic heterocycles. The van der Waals surface area contributed by atoms with Crippen LogP contribution in [-0.2, 0) is 14.8 Å². The lowest BCUT2D eigenvalue weighted by Crippen LogP contribution is -2.34. The fourth-order valence-electron chi connectivity index (χ4n) is 2.49. The monoisotopic (exact) mass is 299 g/mol. The van der Waals surface area contributed by atoms with E-state index in [0.717, 1.165) is 0 Å². The number of rotatable bonds is 5. The quantitative estimate of drug-likeness (QED) is 0.840. The molecule has 2 rings (SSSR count). The van der Waals surface area contributed by atoms with E-state index < -0.39 is 16.1 Å². The third kappa shape index (κ3) is 3.31. The first-order chi connectivity index (χ1) is 9.56. The lowest BCUT2D eigenvalue weighted by molar-refractivity contribution is 0.168. The van der Waals surface area contributed by atoms with Gasteiger partial charge in [0, 0.05) is 25.8 Å². The van der Waals surface area contributed by atoms with Gasteiger partial charge < -0.3 is 9.84 Å². The zero-order valence-electron chi connectivity index (χ0n) is 11.7. The third-order valence-electron chi connectivity index (χ3n) is 3.49. The van der Waals surface area contributed by atoms with E-state index in [1.807, 2.05) is 6.07 Å². The molecule has 0 fully saturated rings. The van der Waals surface area contributed by atoms with Gasteiger partial charge in [-0.15, -0.1) is 0 Å². The summed E-state index contributed by atoms with van der Waals surface area (Å²) < 4.78 is 31.3. The van der Waals surface area contributed by atoms with E-state index in [4.69, 9.17) is 4.74 Å². The Balaban J connectivity index is 2.29. The highest BCUT2D eigenvalue weighted by atomic mass is 32.2. The summed E-state index contributed by atoms with van der Waals surface area (Å²) in [6.45, 7) is 0.848. The predicted octanol–water partition coefficient (Wildman–Crippen LogP) is 1.69. The zero-order chi connectivity index (χ0) is 14.6. The van der Waals surface area contributed by atoms with Crippen molar-refractivity contribution < 1.29 is 18.3 Å². The highest BCUT2D eigenvalue weighted by Crippen LogP contribution is 2.34. The van der Waals surface area contributed by atoms with Gasteiger partial charge in [-0.3, -0.25) is 4.31 Å². The van der Waals surface area contributed by atoms with Gasteiger partial charge in [0.05, 0.1) is 17.5 Å². The lowest BCUT2D eigenvalue weighted by atomic mass is 10.1. The number of ether oxygens (including phenoxy) is 1. The molecule has 1 heterocycles. The predicted molar refractivity (Wildman–Crippen MR) is 78.3 cm³/mol. The van der Waals surface area contributed by atoms with Crippen LogP contribution in [0.3, 0.4) is 0 Å². The van der Waals surface area contributed by atoms with Gasteiger partial charge in [-0.1, -0.05) is 18.2 Å². The normalized spacial score (nSPS) is 19.5. The number of para-hydroxylation sites is 1. The van der Waals surface area contributed by atoms with Crippen molar-refractivity contribution in [3.05, 3.63) is 29.8 Å². The highest BCUT2D eigenvalue weighted by Gasteiger charge is 2.28. The standard InChI is InChI=1S/C14H21NO4S/c1-19-10-5-11-20(17,18)15-9-4-8-14(16)12-6-2-3-7-13(12)15/h2-3,6-7,14,16H,4-5,8-11H2,1H3. The molecule has 5 nitrogen and oxygen atoms in total. The molecular weight excluding hydrogens is 278 g/mol. The van der Waals surface area contributed by atoms with Crippen molar-refractivity contribution in [2.45, 2.75) is 25.4 Å². The van der Waals surface area contributed by atoms with Crippen LogP contribution in [-0.4, -0.2) is 39.5 Å². The molecule has 1 aromatic rings. The van der Waals surface area contributed by atoms with Crippen LogP contribution in [0.15, 0.2) is 24.3 Å². The van der Waals surface area contributed by atoms with E-state index in [1.165, 1.54) is 4.31 Å². The largest absolute Gasteiger partial charge is 0.388 e. The molecule has 112 valence electrons. The Kier molecular flexibility index (Phi) is 5.01. The Labute approximate surface area is 120 Å². The van der Waals surface area contributed by atoms with E-state index in [0.29, 0.717) is 43.7 Å². The first kappa shape index (κ1) is 15.3. The SMILES string of the molecule is COCCCS(=O)(=O)N1CCCC(O)c2ccccc21. The molecule has 20 heavy (non-hydrogen) atoms. The number of methoxy groups -OCH3 is 1. The summed E-state index contributed by atoms with van der Waals surface area (Å²) in [5, 5.41) is 10.1. The average Bonchev–Trinajstić information content (AvgIpc) is 2.59. The van der Waals surface area contributed by atoms with Crippen molar-refractivity contribution in [3.63, 3.8) is 0 Å². The summed E-state index contributed by atoms with van der Waals surface area (Å²) in [6.07, 6.45) is 1.12. The van der Waals surface area contributed by atoms with Crippen LogP contribution < -0.4 is 4.31 Å². The maximum absolute atomic E-state index is 12.5. The maximum Gasteiger partial charge on any atom is 0.235 e.